The van der Waals surface area contributed by atoms with Gasteiger partial charge in [-0.15, -0.1) is 0 Å². The van der Waals surface area contributed by atoms with Crippen LogP contribution in [0, 0.1) is 6.92 Å². The second-order valence-corrected chi connectivity index (χ2v) is 6.97. The molecule has 1 atom stereocenters. The first kappa shape index (κ1) is 16.9. The Kier molecular flexibility index (Phi) is 4.55. The van der Waals surface area contributed by atoms with Gasteiger partial charge in [-0.1, -0.05) is 0 Å². The Morgan fingerprint density at radius 2 is 2.04 bits per heavy atom. The number of hydrogen-bond acceptors (Lipinski definition) is 6. The van der Waals surface area contributed by atoms with E-state index in [1.165, 1.54) is 12.8 Å². The minimum absolute atomic E-state index is 0.411. The van der Waals surface area contributed by atoms with Crippen LogP contribution in [0.5, 0.6) is 6.01 Å². The van der Waals surface area contributed by atoms with E-state index in [-0.39, 0.29) is 0 Å². The molecular formula is C19H24N6O. The Hall–Kier alpha value is -2.54. The molecule has 26 heavy (non-hydrogen) atoms. The summed E-state index contributed by atoms with van der Waals surface area (Å²) in [7, 11) is 3.54. The van der Waals surface area contributed by atoms with Gasteiger partial charge in [0, 0.05) is 55.1 Å². The fourth-order valence-electron chi connectivity index (χ4n) is 3.77. The van der Waals surface area contributed by atoms with Crippen molar-refractivity contribution in [2.45, 2.75) is 32.2 Å². The minimum Gasteiger partial charge on any atom is -0.467 e. The maximum absolute atomic E-state index is 5.03. The van der Waals surface area contributed by atoms with Gasteiger partial charge < -0.3 is 4.74 Å². The molecule has 0 N–H and O–H groups in total. The molecule has 1 aliphatic heterocycles. The highest BCUT2D eigenvalue weighted by Crippen LogP contribution is 2.28. The van der Waals surface area contributed by atoms with Gasteiger partial charge in [0.05, 0.1) is 12.8 Å². The number of nitrogens with zero attached hydrogens (tertiary/aromatic N) is 6. The number of pyridine rings is 1. The normalized spacial score (nSPS) is 18.3. The maximum atomic E-state index is 5.03. The number of aryl methyl sites for hydroxylation is 2. The lowest BCUT2D eigenvalue weighted by Crippen LogP contribution is -2.34. The predicted octanol–water partition coefficient (Wildman–Crippen LogP) is 2.45. The molecule has 136 valence electrons. The van der Waals surface area contributed by atoms with Crippen molar-refractivity contribution in [2.24, 2.45) is 7.05 Å². The summed E-state index contributed by atoms with van der Waals surface area (Å²) < 4.78 is 6.91. The van der Waals surface area contributed by atoms with Crippen molar-refractivity contribution in [1.82, 2.24) is 29.6 Å². The first-order chi connectivity index (χ1) is 12.6. The highest BCUT2D eigenvalue weighted by molar-refractivity contribution is 5.78. The molecule has 0 amide bonds. The molecule has 0 aromatic carbocycles. The number of fused-ring (bicyclic) bond motifs is 1. The molecule has 4 heterocycles. The largest absolute Gasteiger partial charge is 0.467 e. The molecular weight excluding hydrogens is 328 g/mol. The zero-order valence-electron chi connectivity index (χ0n) is 15.5. The lowest BCUT2D eigenvalue weighted by atomic mass is 9.94. The molecule has 0 aliphatic carbocycles. The highest BCUT2D eigenvalue weighted by Gasteiger charge is 2.23. The average Bonchev–Trinajstić information content (AvgIpc) is 2.96. The quantitative estimate of drug-likeness (QED) is 0.718. The van der Waals surface area contributed by atoms with E-state index in [0.717, 1.165) is 47.6 Å². The summed E-state index contributed by atoms with van der Waals surface area (Å²) in [5.74, 6) is 0.447. The molecule has 4 rings (SSSR count). The zero-order valence-corrected chi connectivity index (χ0v) is 15.5. The van der Waals surface area contributed by atoms with E-state index in [0.29, 0.717) is 11.9 Å². The number of piperidine rings is 1. The van der Waals surface area contributed by atoms with Gasteiger partial charge >= 0.3 is 6.01 Å². The molecule has 0 bridgehead atoms. The molecule has 0 radical (unpaired) electrons. The molecule has 7 nitrogen and oxygen atoms in total. The van der Waals surface area contributed by atoms with Gasteiger partial charge in [-0.2, -0.15) is 5.10 Å². The Bertz CT molecular complexity index is 904. The van der Waals surface area contributed by atoms with E-state index in [2.05, 4.69) is 32.1 Å². The van der Waals surface area contributed by atoms with Gasteiger partial charge in [-0.25, -0.2) is 15.0 Å². The van der Waals surface area contributed by atoms with Gasteiger partial charge in [0.15, 0.2) is 5.65 Å². The van der Waals surface area contributed by atoms with Crippen LogP contribution in [0.15, 0.2) is 24.5 Å². The van der Waals surface area contributed by atoms with Crippen LogP contribution in [0.1, 0.15) is 35.7 Å². The van der Waals surface area contributed by atoms with Crippen molar-refractivity contribution < 1.29 is 4.74 Å². The zero-order chi connectivity index (χ0) is 18.1. The lowest BCUT2D eigenvalue weighted by Gasteiger charge is -2.32. The van der Waals surface area contributed by atoms with E-state index in [1.54, 1.807) is 7.11 Å². The van der Waals surface area contributed by atoms with Crippen LogP contribution >= 0.6 is 0 Å². The van der Waals surface area contributed by atoms with Crippen molar-refractivity contribution in [2.75, 3.05) is 20.2 Å². The van der Waals surface area contributed by atoms with Crippen molar-refractivity contribution in [1.29, 1.82) is 0 Å². The van der Waals surface area contributed by atoms with E-state index in [4.69, 9.17) is 9.72 Å². The summed E-state index contributed by atoms with van der Waals surface area (Å²) in [5.41, 5.74) is 4.28. The monoisotopic (exact) mass is 352 g/mol. The van der Waals surface area contributed by atoms with Crippen LogP contribution in [0.3, 0.4) is 0 Å². The van der Waals surface area contributed by atoms with Crippen LogP contribution in [0.25, 0.3) is 11.0 Å². The van der Waals surface area contributed by atoms with Crippen LogP contribution < -0.4 is 4.74 Å². The maximum Gasteiger partial charge on any atom is 0.316 e. The van der Waals surface area contributed by atoms with Gasteiger partial charge in [0.1, 0.15) is 0 Å². The van der Waals surface area contributed by atoms with Gasteiger partial charge in [0.2, 0.25) is 0 Å². The number of rotatable bonds is 4. The van der Waals surface area contributed by atoms with Crippen molar-refractivity contribution in [3.05, 3.63) is 41.5 Å². The Labute approximate surface area is 153 Å². The van der Waals surface area contributed by atoms with E-state index < -0.39 is 0 Å². The molecule has 1 fully saturated rings. The third kappa shape index (κ3) is 3.26. The molecule has 0 saturated carbocycles. The lowest BCUT2D eigenvalue weighted by molar-refractivity contribution is 0.198. The molecule has 7 heteroatoms. The van der Waals surface area contributed by atoms with E-state index in [9.17, 15) is 0 Å². The fourth-order valence-corrected chi connectivity index (χ4v) is 3.77. The second kappa shape index (κ2) is 6.99. The minimum atomic E-state index is 0.411. The number of ether oxygens (including phenoxy) is 1. The van der Waals surface area contributed by atoms with Gasteiger partial charge in [0.25, 0.3) is 0 Å². The summed E-state index contributed by atoms with van der Waals surface area (Å²) in [6, 6.07) is 4.74. The Balaban J connectivity index is 1.50. The molecule has 3 aromatic rings. The Morgan fingerprint density at radius 1 is 1.23 bits per heavy atom. The van der Waals surface area contributed by atoms with Crippen LogP contribution in [0.4, 0.5) is 0 Å². The van der Waals surface area contributed by atoms with Crippen LogP contribution in [-0.2, 0) is 13.6 Å². The predicted molar refractivity (Wildman–Crippen MR) is 99.1 cm³/mol. The van der Waals surface area contributed by atoms with E-state index >= 15 is 0 Å². The summed E-state index contributed by atoms with van der Waals surface area (Å²) in [5, 5.41) is 5.62. The van der Waals surface area contributed by atoms with Crippen LogP contribution in [0.2, 0.25) is 0 Å². The summed E-state index contributed by atoms with van der Waals surface area (Å²) in [4.78, 5) is 15.8. The molecule has 1 unspecified atom stereocenters. The third-order valence-corrected chi connectivity index (χ3v) is 5.09. The molecule has 3 aromatic heterocycles. The average molecular weight is 352 g/mol. The van der Waals surface area contributed by atoms with E-state index in [1.807, 2.05) is 31.0 Å². The molecule has 1 saturated heterocycles. The number of hydrogen-bond donors (Lipinski definition) is 0. The smallest absolute Gasteiger partial charge is 0.316 e. The van der Waals surface area contributed by atoms with Gasteiger partial charge in [-0.3, -0.25) is 9.58 Å². The fraction of sp³-hybridized carbons (Fsp3) is 0.474. The number of aromatic nitrogens is 5. The number of methoxy groups -OCH3 is 1. The van der Waals surface area contributed by atoms with Crippen molar-refractivity contribution >= 4 is 11.0 Å². The standard InChI is InChI=1S/C19H24N6O/c1-13-16-6-7-17(22-18(16)24(2)23-13)15-5-4-8-25(12-15)11-14-9-20-19(26-3)21-10-14/h6-7,9-10,15H,4-5,8,11-12H2,1-3H3. The first-order valence-electron chi connectivity index (χ1n) is 9.01. The first-order valence-corrected chi connectivity index (χ1v) is 9.01. The summed E-state index contributed by atoms with van der Waals surface area (Å²) >= 11 is 0. The summed E-state index contributed by atoms with van der Waals surface area (Å²) in [6.07, 6.45) is 6.03. The highest BCUT2D eigenvalue weighted by atomic mass is 16.5. The SMILES string of the molecule is COc1ncc(CN2CCCC(c3ccc4c(C)nn(C)c4n3)C2)cn1. The summed E-state index contributed by atoms with van der Waals surface area (Å²) in [6.45, 7) is 4.98. The topological polar surface area (TPSA) is 69.0 Å². The van der Waals surface area contributed by atoms with Crippen LogP contribution in [-0.4, -0.2) is 49.8 Å². The van der Waals surface area contributed by atoms with Crippen molar-refractivity contribution in [3.63, 3.8) is 0 Å². The number of likely N-dealkylation sites (tertiary alicyclic amines) is 1. The molecule has 1 aliphatic rings. The van der Waals surface area contributed by atoms with Crippen molar-refractivity contribution in [3.8, 4) is 6.01 Å². The Morgan fingerprint density at radius 3 is 2.81 bits per heavy atom. The molecule has 0 spiro atoms. The third-order valence-electron chi connectivity index (χ3n) is 5.09. The second-order valence-electron chi connectivity index (χ2n) is 6.97. The van der Waals surface area contributed by atoms with Gasteiger partial charge in [-0.05, 0) is 38.4 Å².